The molecule has 0 fully saturated rings. The third kappa shape index (κ3) is 2.76. The van der Waals surface area contributed by atoms with E-state index in [0.717, 1.165) is 0 Å². The zero-order chi connectivity index (χ0) is 10.6. The summed E-state index contributed by atoms with van der Waals surface area (Å²) in [6.45, 7) is 4.13. The molecule has 3 N–H and O–H groups in total. The number of nitrogens with zero attached hydrogens (tertiary/aromatic N) is 1. The van der Waals surface area contributed by atoms with Gasteiger partial charge in [-0.25, -0.2) is 0 Å². The Balaban J connectivity index is 2.70. The highest BCUT2D eigenvalue weighted by molar-refractivity contribution is 5.78. The average Bonchev–Trinajstić information content (AvgIpc) is 2.18. The Kier molecular flexibility index (Phi) is 3.51. The predicted molar refractivity (Wildman–Crippen MR) is 60.3 cm³/mol. The summed E-state index contributed by atoms with van der Waals surface area (Å²) in [6.07, 6.45) is 0. The molecule has 3 heteroatoms. The summed E-state index contributed by atoms with van der Waals surface area (Å²) in [5, 5.41) is 3.09. The van der Waals surface area contributed by atoms with Gasteiger partial charge in [-0.3, -0.25) is 4.99 Å². The molecule has 14 heavy (non-hydrogen) atoms. The molecule has 1 atom stereocenters. The normalized spacial score (nSPS) is 13.8. The molecule has 0 bridgehead atoms. The Bertz CT molecular complexity index is 314. The summed E-state index contributed by atoms with van der Waals surface area (Å²) in [7, 11) is 1.67. The monoisotopic (exact) mass is 191 g/mol. The van der Waals surface area contributed by atoms with Crippen molar-refractivity contribution in [2.45, 2.75) is 19.9 Å². The molecule has 0 aliphatic carbocycles. The number of hydrogen-bond donors (Lipinski definition) is 2. The summed E-state index contributed by atoms with van der Waals surface area (Å²) in [5.74, 6) is 0.470. The van der Waals surface area contributed by atoms with Gasteiger partial charge in [0.15, 0.2) is 5.96 Å². The van der Waals surface area contributed by atoms with E-state index < -0.39 is 0 Å². The maximum atomic E-state index is 5.58. The maximum Gasteiger partial charge on any atom is 0.188 e. The molecule has 0 spiro atoms. The van der Waals surface area contributed by atoms with E-state index in [-0.39, 0.29) is 6.04 Å². The van der Waals surface area contributed by atoms with Gasteiger partial charge in [0.1, 0.15) is 0 Å². The predicted octanol–water partition coefficient (Wildman–Crippen LogP) is 1.59. The SMILES string of the molecule is CN=C(N)N[C@H](C)c1ccc(C)cc1. The highest BCUT2D eigenvalue weighted by Crippen LogP contribution is 2.12. The molecule has 3 nitrogen and oxygen atoms in total. The van der Waals surface area contributed by atoms with Crippen LogP contribution in [0.25, 0.3) is 0 Å². The largest absolute Gasteiger partial charge is 0.370 e. The zero-order valence-corrected chi connectivity index (χ0v) is 8.91. The Labute approximate surface area is 85.0 Å². The van der Waals surface area contributed by atoms with Crippen LogP contribution in [0.5, 0.6) is 0 Å². The summed E-state index contributed by atoms with van der Waals surface area (Å²) in [6, 6.07) is 8.56. The quantitative estimate of drug-likeness (QED) is 0.551. The second kappa shape index (κ2) is 4.65. The van der Waals surface area contributed by atoms with E-state index in [0.29, 0.717) is 5.96 Å². The zero-order valence-electron chi connectivity index (χ0n) is 8.91. The smallest absolute Gasteiger partial charge is 0.188 e. The number of aryl methyl sites for hydroxylation is 1. The number of hydrogen-bond acceptors (Lipinski definition) is 1. The minimum Gasteiger partial charge on any atom is -0.370 e. The van der Waals surface area contributed by atoms with Gasteiger partial charge in [-0.15, -0.1) is 0 Å². The second-order valence-electron chi connectivity index (χ2n) is 3.39. The highest BCUT2D eigenvalue weighted by atomic mass is 15.1. The van der Waals surface area contributed by atoms with Crippen LogP contribution in [0.2, 0.25) is 0 Å². The number of guanidine groups is 1. The van der Waals surface area contributed by atoms with E-state index in [4.69, 9.17) is 5.73 Å². The molecule has 1 aromatic carbocycles. The number of benzene rings is 1. The minimum absolute atomic E-state index is 0.194. The van der Waals surface area contributed by atoms with E-state index in [9.17, 15) is 0 Å². The molecule has 0 aliphatic heterocycles. The van der Waals surface area contributed by atoms with Crippen LogP contribution in [0.3, 0.4) is 0 Å². The molecule has 0 heterocycles. The Hall–Kier alpha value is -1.51. The van der Waals surface area contributed by atoms with Gasteiger partial charge in [0, 0.05) is 7.05 Å². The van der Waals surface area contributed by atoms with Crippen LogP contribution in [0, 0.1) is 6.92 Å². The van der Waals surface area contributed by atoms with Gasteiger partial charge in [-0.1, -0.05) is 29.8 Å². The standard InChI is InChI=1S/C11H17N3/c1-8-4-6-10(7-5-8)9(2)14-11(12)13-3/h4-7,9H,1-3H3,(H3,12,13,14)/t9-/m1/s1. The molecule has 76 valence electrons. The average molecular weight is 191 g/mol. The van der Waals surface area contributed by atoms with Crippen LogP contribution in [-0.2, 0) is 0 Å². The van der Waals surface area contributed by atoms with Gasteiger partial charge in [0.05, 0.1) is 6.04 Å². The van der Waals surface area contributed by atoms with Crippen molar-refractivity contribution in [2.24, 2.45) is 10.7 Å². The van der Waals surface area contributed by atoms with Crippen molar-refractivity contribution in [3.63, 3.8) is 0 Å². The van der Waals surface area contributed by atoms with Crippen LogP contribution in [0.4, 0.5) is 0 Å². The van der Waals surface area contributed by atoms with Gasteiger partial charge in [0.2, 0.25) is 0 Å². The first-order chi connectivity index (χ1) is 6.63. The topological polar surface area (TPSA) is 50.4 Å². The Morgan fingerprint density at radius 2 is 1.93 bits per heavy atom. The third-order valence-electron chi connectivity index (χ3n) is 2.18. The fraction of sp³-hybridized carbons (Fsp3) is 0.364. The van der Waals surface area contributed by atoms with Crippen LogP contribution < -0.4 is 11.1 Å². The lowest BCUT2D eigenvalue weighted by atomic mass is 10.1. The van der Waals surface area contributed by atoms with Gasteiger partial charge in [-0.2, -0.15) is 0 Å². The molecule has 0 amide bonds. The summed E-state index contributed by atoms with van der Waals surface area (Å²) < 4.78 is 0. The fourth-order valence-electron chi connectivity index (χ4n) is 1.22. The molecule has 0 saturated heterocycles. The Morgan fingerprint density at radius 1 is 1.36 bits per heavy atom. The van der Waals surface area contributed by atoms with E-state index in [2.05, 4.69) is 48.4 Å². The fourth-order valence-corrected chi connectivity index (χ4v) is 1.22. The maximum absolute atomic E-state index is 5.58. The first-order valence-corrected chi connectivity index (χ1v) is 4.69. The number of nitrogens with one attached hydrogen (secondary N) is 1. The molecule has 0 aromatic heterocycles. The number of nitrogens with two attached hydrogens (primary N) is 1. The van der Waals surface area contributed by atoms with Crippen LogP contribution in [-0.4, -0.2) is 13.0 Å². The van der Waals surface area contributed by atoms with E-state index >= 15 is 0 Å². The van der Waals surface area contributed by atoms with Gasteiger partial charge in [-0.05, 0) is 19.4 Å². The Morgan fingerprint density at radius 3 is 2.43 bits per heavy atom. The third-order valence-corrected chi connectivity index (χ3v) is 2.18. The van der Waals surface area contributed by atoms with Crippen molar-refractivity contribution in [3.8, 4) is 0 Å². The molecule has 0 unspecified atom stereocenters. The summed E-state index contributed by atoms with van der Waals surface area (Å²) >= 11 is 0. The lowest BCUT2D eigenvalue weighted by Crippen LogP contribution is -2.33. The van der Waals surface area contributed by atoms with E-state index in [1.54, 1.807) is 7.05 Å². The minimum atomic E-state index is 0.194. The molecular weight excluding hydrogens is 174 g/mol. The second-order valence-corrected chi connectivity index (χ2v) is 3.39. The molecule has 1 rings (SSSR count). The first-order valence-electron chi connectivity index (χ1n) is 4.69. The van der Waals surface area contributed by atoms with Gasteiger partial charge in [0.25, 0.3) is 0 Å². The molecule has 0 saturated carbocycles. The van der Waals surface area contributed by atoms with Crippen molar-refractivity contribution in [3.05, 3.63) is 35.4 Å². The van der Waals surface area contributed by atoms with Crippen molar-refractivity contribution < 1.29 is 0 Å². The van der Waals surface area contributed by atoms with Gasteiger partial charge >= 0.3 is 0 Å². The van der Waals surface area contributed by atoms with Crippen LogP contribution in [0.15, 0.2) is 29.3 Å². The number of rotatable bonds is 2. The lowest BCUT2D eigenvalue weighted by Gasteiger charge is -2.14. The van der Waals surface area contributed by atoms with Crippen molar-refractivity contribution in [1.82, 2.24) is 5.32 Å². The summed E-state index contributed by atoms with van der Waals surface area (Å²) in [5.41, 5.74) is 8.05. The van der Waals surface area contributed by atoms with Crippen molar-refractivity contribution in [1.29, 1.82) is 0 Å². The van der Waals surface area contributed by atoms with Crippen molar-refractivity contribution in [2.75, 3.05) is 7.05 Å². The highest BCUT2D eigenvalue weighted by Gasteiger charge is 2.04. The van der Waals surface area contributed by atoms with Gasteiger partial charge < -0.3 is 11.1 Å². The van der Waals surface area contributed by atoms with Crippen molar-refractivity contribution >= 4 is 5.96 Å². The van der Waals surface area contributed by atoms with E-state index in [1.165, 1.54) is 11.1 Å². The van der Waals surface area contributed by atoms with Crippen LogP contribution >= 0.6 is 0 Å². The van der Waals surface area contributed by atoms with Crippen LogP contribution in [0.1, 0.15) is 24.1 Å². The molecule has 0 aliphatic rings. The first kappa shape index (κ1) is 10.6. The summed E-state index contributed by atoms with van der Waals surface area (Å²) in [4.78, 5) is 3.85. The molecular formula is C11H17N3. The van der Waals surface area contributed by atoms with E-state index in [1.807, 2.05) is 0 Å². The number of aliphatic imine (C=N–C) groups is 1. The molecule has 0 radical (unpaired) electrons. The lowest BCUT2D eigenvalue weighted by molar-refractivity contribution is 0.710. The molecule has 1 aromatic rings.